The molecule has 1 aromatic rings. The Hall–Kier alpha value is -1.64. The van der Waals surface area contributed by atoms with E-state index in [-0.39, 0.29) is 4.21 Å². The summed E-state index contributed by atoms with van der Waals surface area (Å²) in [5.41, 5.74) is 4.96. The van der Waals surface area contributed by atoms with Gasteiger partial charge in [-0.05, 0) is 28.7 Å². The van der Waals surface area contributed by atoms with E-state index in [1.807, 2.05) is 10.8 Å². The van der Waals surface area contributed by atoms with Gasteiger partial charge < -0.3 is 5.73 Å². The molecule has 0 saturated heterocycles. The molecule has 3 N–H and O–H groups in total. The van der Waals surface area contributed by atoms with Gasteiger partial charge in [-0.1, -0.05) is 24.3 Å². The van der Waals surface area contributed by atoms with E-state index in [2.05, 4.69) is 19.7 Å². The van der Waals surface area contributed by atoms with Crippen LogP contribution in [0.25, 0.3) is 0 Å². The van der Waals surface area contributed by atoms with Gasteiger partial charge in [-0.3, -0.25) is 0 Å². The molecule has 0 saturated carbocycles. The SMILES string of the molecule is C=CC[Si](CC=C)(CC=C)c1ccsc1S(=O)(=O)NC(N)=O. The minimum absolute atomic E-state index is 0.142. The highest BCUT2D eigenvalue weighted by molar-refractivity contribution is 7.92. The van der Waals surface area contributed by atoms with Crippen LogP contribution in [0, 0.1) is 0 Å². The number of sulfonamides is 1. The van der Waals surface area contributed by atoms with E-state index in [0.29, 0.717) is 18.1 Å². The third-order valence-corrected chi connectivity index (χ3v) is 11.2. The molecule has 1 aromatic heterocycles. The van der Waals surface area contributed by atoms with Gasteiger partial charge in [0.15, 0.2) is 0 Å². The van der Waals surface area contributed by atoms with Crippen molar-refractivity contribution in [2.75, 3.05) is 0 Å². The summed E-state index contributed by atoms with van der Waals surface area (Å²) in [5, 5.41) is 2.47. The first-order valence-electron chi connectivity index (χ1n) is 6.56. The van der Waals surface area contributed by atoms with E-state index in [1.165, 1.54) is 0 Å². The molecule has 8 heteroatoms. The number of thiophene rings is 1. The van der Waals surface area contributed by atoms with Gasteiger partial charge >= 0.3 is 6.03 Å². The fourth-order valence-corrected chi connectivity index (χ4v) is 10.2. The second-order valence-corrected chi connectivity index (χ2v) is 12.0. The highest BCUT2D eigenvalue weighted by Crippen LogP contribution is 2.28. The molecule has 5 nitrogen and oxygen atoms in total. The maximum Gasteiger partial charge on any atom is 0.326 e. The predicted octanol–water partition coefficient (Wildman–Crippen LogP) is 2.32. The van der Waals surface area contributed by atoms with E-state index in [4.69, 9.17) is 5.73 Å². The molecule has 0 spiro atoms. The van der Waals surface area contributed by atoms with E-state index in [9.17, 15) is 13.2 Å². The molecular formula is C14H20N2O3S2Si. The van der Waals surface area contributed by atoms with Crippen molar-refractivity contribution in [3.05, 3.63) is 49.4 Å². The third kappa shape index (κ3) is 3.96. The number of urea groups is 1. The Balaban J connectivity index is 3.48. The third-order valence-electron chi connectivity index (χ3n) is 3.29. The molecule has 0 aliphatic rings. The Morgan fingerprint density at radius 2 is 1.73 bits per heavy atom. The van der Waals surface area contributed by atoms with Gasteiger partial charge in [0.25, 0.3) is 10.0 Å². The second-order valence-electron chi connectivity index (χ2n) is 4.85. The van der Waals surface area contributed by atoms with Gasteiger partial charge in [0.1, 0.15) is 12.3 Å². The number of primary amides is 1. The quantitative estimate of drug-likeness (QED) is 0.525. The van der Waals surface area contributed by atoms with Gasteiger partial charge in [-0.2, -0.15) is 0 Å². The molecule has 0 aromatic carbocycles. The van der Waals surface area contributed by atoms with Crippen molar-refractivity contribution in [1.29, 1.82) is 0 Å². The number of amides is 2. The van der Waals surface area contributed by atoms with Gasteiger partial charge in [-0.25, -0.2) is 17.9 Å². The Morgan fingerprint density at radius 1 is 1.23 bits per heavy atom. The largest absolute Gasteiger partial charge is 0.351 e. The van der Waals surface area contributed by atoms with Crippen LogP contribution < -0.4 is 15.6 Å². The van der Waals surface area contributed by atoms with Crippen molar-refractivity contribution >= 4 is 40.7 Å². The van der Waals surface area contributed by atoms with Gasteiger partial charge in [0.05, 0.1) is 0 Å². The maximum atomic E-state index is 12.3. The van der Waals surface area contributed by atoms with E-state index >= 15 is 0 Å². The lowest BCUT2D eigenvalue weighted by atomic mass is 10.6. The number of carbonyl (C=O) groups excluding carboxylic acids is 1. The van der Waals surface area contributed by atoms with E-state index < -0.39 is 24.1 Å². The normalized spacial score (nSPS) is 11.6. The number of hydrogen-bond donors (Lipinski definition) is 2. The predicted molar refractivity (Wildman–Crippen MR) is 94.6 cm³/mol. The topological polar surface area (TPSA) is 89.3 Å². The highest BCUT2D eigenvalue weighted by atomic mass is 32.2. The molecule has 1 heterocycles. The number of rotatable bonds is 9. The van der Waals surface area contributed by atoms with Crippen LogP contribution in [0.3, 0.4) is 0 Å². The molecule has 1 rings (SSSR count). The van der Waals surface area contributed by atoms with E-state index in [0.717, 1.165) is 16.5 Å². The summed E-state index contributed by atoms with van der Waals surface area (Å²) in [7, 11) is -6.20. The zero-order valence-corrected chi connectivity index (χ0v) is 14.9. The van der Waals surface area contributed by atoms with Gasteiger partial charge in [0, 0.05) is 0 Å². The molecule has 0 fully saturated rings. The van der Waals surface area contributed by atoms with Gasteiger partial charge in [-0.15, -0.1) is 31.1 Å². The summed E-state index contributed by atoms with van der Waals surface area (Å²) in [6, 6.07) is 2.80. The summed E-state index contributed by atoms with van der Waals surface area (Å²) < 4.78 is 26.6. The second kappa shape index (κ2) is 7.57. The van der Waals surface area contributed by atoms with Crippen molar-refractivity contribution in [2.45, 2.75) is 22.3 Å². The zero-order chi connectivity index (χ0) is 16.8. The standard InChI is InChI=1S/C14H20N2O3S2Si/c1-4-9-22(10-5-2,11-6-3)12-7-8-20-13(12)21(18,19)16-14(15)17/h4-8H,1-3,9-11H2,(H3,15,16,17). The average Bonchev–Trinajstić information content (AvgIpc) is 2.88. The Kier molecular flexibility index (Phi) is 6.33. The molecule has 120 valence electrons. The maximum absolute atomic E-state index is 12.3. The molecule has 0 atom stereocenters. The van der Waals surface area contributed by atoms with Crippen LogP contribution in [0.15, 0.2) is 53.6 Å². The highest BCUT2D eigenvalue weighted by Gasteiger charge is 2.37. The number of nitrogens with two attached hydrogens (primary N) is 1. The zero-order valence-electron chi connectivity index (χ0n) is 12.2. The van der Waals surface area contributed by atoms with Crippen LogP contribution in [0.5, 0.6) is 0 Å². The fourth-order valence-electron chi connectivity index (χ4n) is 2.48. The lowest BCUT2D eigenvalue weighted by Crippen LogP contribution is -2.49. The lowest BCUT2D eigenvalue weighted by molar-refractivity contribution is 0.253. The van der Waals surface area contributed by atoms with Crippen molar-refractivity contribution in [3.63, 3.8) is 0 Å². The Labute approximate surface area is 136 Å². The molecular weight excluding hydrogens is 336 g/mol. The van der Waals surface area contributed by atoms with Crippen LogP contribution >= 0.6 is 11.3 Å². The van der Waals surface area contributed by atoms with Crippen LogP contribution in [0.1, 0.15) is 0 Å². The van der Waals surface area contributed by atoms with Crippen molar-refractivity contribution < 1.29 is 13.2 Å². The number of carbonyl (C=O) groups is 1. The van der Waals surface area contributed by atoms with Gasteiger partial charge in [0.2, 0.25) is 0 Å². The first kappa shape index (κ1) is 18.4. The van der Waals surface area contributed by atoms with Crippen LogP contribution in [0.2, 0.25) is 18.1 Å². The molecule has 0 radical (unpaired) electrons. The van der Waals surface area contributed by atoms with Crippen LogP contribution in [0.4, 0.5) is 4.79 Å². The van der Waals surface area contributed by atoms with Crippen molar-refractivity contribution in [1.82, 2.24) is 4.72 Å². The monoisotopic (exact) mass is 356 g/mol. The first-order valence-corrected chi connectivity index (χ1v) is 11.5. The Bertz CT molecular complexity index is 653. The summed E-state index contributed by atoms with van der Waals surface area (Å²) in [6.45, 7) is 11.4. The molecule has 0 unspecified atom stereocenters. The molecule has 0 aliphatic carbocycles. The minimum Gasteiger partial charge on any atom is -0.351 e. The molecule has 0 bridgehead atoms. The van der Waals surface area contributed by atoms with E-state index in [1.54, 1.807) is 23.6 Å². The average molecular weight is 357 g/mol. The Morgan fingerprint density at radius 3 is 2.14 bits per heavy atom. The molecule has 0 aliphatic heterocycles. The van der Waals surface area contributed by atoms with Crippen molar-refractivity contribution in [2.24, 2.45) is 5.73 Å². The summed E-state index contributed by atoms with van der Waals surface area (Å²) in [4.78, 5) is 10.9. The summed E-state index contributed by atoms with van der Waals surface area (Å²) in [5.74, 6) is 0. The minimum atomic E-state index is -3.96. The summed E-state index contributed by atoms with van der Waals surface area (Å²) >= 11 is 1.08. The summed E-state index contributed by atoms with van der Waals surface area (Å²) in [6.07, 6.45) is 5.40. The van der Waals surface area contributed by atoms with Crippen LogP contribution in [-0.4, -0.2) is 22.5 Å². The number of nitrogens with one attached hydrogen (secondary N) is 1. The van der Waals surface area contributed by atoms with Crippen molar-refractivity contribution in [3.8, 4) is 0 Å². The smallest absolute Gasteiger partial charge is 0.326 e. The number of allylic oxidation sites excluding steroid dienone is 3. The first-order chi connectivity index (χ1) is 10.3. The van der Waals surface area contributed by atoms with Crippen LogP contribution in [-0.2, 0) is 10.0 Å². The molecule has 2 amide bonds. The molecule has 22 heavy (non-hydrogen) atoms. The number of hydrogen-bond acceptors (Lipinski definition) is 4. The fraction of sp³-hybridized carbons (Fsp3) is 0.214. The lowest BCUT2D eigenvalue weighted by Gasteiger charge is -2.29.